The van der Waals surface area contributed by atoms with Crippen LogP contribution in [0.4, 0.5) is 11.4 Å². The molecule has 23 heavy (non-hydrogen) atoms. The van der Waals surface area contributed by atoms with Crippen molar-refractivity contribution in [3.63, 3.8) is 0 Å². The molecule has 1 aliphatic heterocycles. The summed E-state index contributed by atoms with van der Waals surface area (Å²) in [6, 6.07) is 10.5. The molecule has 1 aliphatic rings. The standard InChI is InChI=1S/C15H10ClN3O4/c16-9-2-1-3-10(6-9)17-8-18-14(20)12-5-4-11(19(22)23)7-13(12)15(18)21/h1-7,17H,8H2. The molecule has 0 fully saturated rings. The largest absolute Gasteiger partial charge is 0.367 e. The number of nitrogens with one attached hydrogen (secondary N) is 1. The Hall–Kier alpha value is -2.93. The summed E-state index contributed by atoms with van der Waals surface area (Å²) >= 11 is 5.87. The summed E-state index contributed by atoms with van der Waals surface area (Å²) in [4.78, 5) is 35.7. The molecule has 0 radical (unpaired) electrons. The summed E-state index contributed by atoms with van der Waals surface area (Å²) in [5, 5.41) is 14.2. The minimum atomic E-state index is -0.606. The molecule has 2 amide bonds. The second-order valence-electron chi connectivity index (χ2n) is 4.87. The van der Waals surface area contributed by atoms with Crippen LogP contribution in [0.2, 0.25) is 5.02 Å². The number of anilines is 1. The summed E-state index contributed by atoms with van der Waals surface area (Å²) in [6.07, 6.45) is 0. The number of benzene rings is 2. The van der Waals surface area contributed by atoms with Crippen molar-refractivity contribution in [3.8, 4) is 0 Å². The van der Waals surface area contributed by atoms with Gasteiger partial charge in [0.2, 0.25) is 0 Å². The maximum absolute atomic E-state index is 12.3. The van der Waals surface area contributed by atoms with E-state index in [0.717, 1.165) is 11.0 Å². The topological polar surface area (TPSA) is 92.5 Å². The Bertz CT molecular complexity index is 837. The van der Waals surface area contributed by atoms with Crippen LogP contribution in [0.1, 0.15) is 20.7 Å². The number of nitro groups is 1. The second kappa shape index (κ2) is 5.69. The minimum absolute atomic E-state index is 0.0390. The van der Waals surface area contributed by atoms with E-state index < -0.39 is 16.7 Å². The average Bonchev–Trinajstić information content (AvgIpc) is 2.76. The van der Waals surface area contributed by atoms with Gasteiger partial charge in [0.25, 0.3) is 17.5 Å². The SMILES string of the molecule is O=C1c2ccc([N+](=O)[O-])cc2C(=O)N1CNc1cccc(Cl)c1. The van der Waals surface area contributed by atoms with Crippen molar-refractivity contribution in [2.24, 2.45) is 0 Å². The quantitative estimate of drug-likeness (QED) is 0.528. The van der Waals surface area contributed by atoms with Crippen LogP contribution >= 0.6 is 11.6 Å². The summed E-state index contributed by atoms with van der Waals surface area (Å²) < 4.78 is 0. The van der Waals surface area contributed by atoms with Crippen molar-refractivity contribution >= 4 is 34.8 Å². The van der Waals surface area contributed by atoms with Crippen LogP contribution in [0.25, 0.3) is 0 Å². The molecule has 0 saturated heterocycles. The molecular weight excluding hydrogens is 322 g/mol. The van der Waals surface area contributed by atoms with Crippen LogP contribution in [0, 0.1) is 10.1 Å². The number of nitrogens with zero attached hydrogens (tertiary/aromatic N) is 2. The third kappa shape index (κ3) is 2.74. The van der Waals surface area contributed by atoms with E-state index in [1.165, 1.54) is 12.1 Å². The molecule has 0 aliphatic carbocycles. The molecule has 116 valence electrons. The first-order valence-electron chi connectivity index (χ1n) is 6.61. The van der Waals surface area contributed by atoms with Gasteiger partial charge >= 0.3 is 0 Å². The van der Waals surface area contributed by atoms with Crippen LogP contribution < -0.4 is 5.32 Å². The van der Waals surface area contributed by atoms with Gasteiger partial charge in [0.1, 0.15) is 0 Å². The molecule has 1 heterocycles. The van der Waals surface area contributed by atoms with E-state index in [1.807, 2.05) is 0 Å². The number of hydrogen-bond donors (Lipinski definition) is 1. The summed E-state index contributed by atoms with van der Waals surface area (Å²) in [7, 11) is 0. The maximum Gasteiger partial charge on any atom is 0.270 e. The van der Waals surface area contributed by atoms with E-state index in [-0.39, 0.29) is 23.5 Å². The highest BCUT2D eigenvalue weighted by Crippen LogP contribution is 2.26. The lowest BCUT2D eigenvalue weighted by molar-refractivity contribution is -0.384. The number of fused-ring (bicyclic) bond motifs is 1. The zero-order valence-corrected chi connectivity index (χ0v) is 12.4. The van der Waals surface area contributed by atoms with Gasteiger partial charge < -0.3 is 5.32 Å². The van der Waals surface area contributed by atoms with E-state index in [2.05, 4.69) is 5.32 Å². The van der Waals surface area contributed by atoms with Crippen LogP contribution in [0.3, 0.4) is 0 Å². The van der Waals surface area contributed by atoms with Crippen molar-refractivity contribution in [1.29, 1.82) is 0 Å². The first-order chi connectivity index (χ1) is 11.0. The fourth-order valence-electron chi connectivity index (χ4n) is 2.30. The maximum atomic E-state index is 12.3. The average molecular weight is 332 g/mol. The fraction of sp³-hybridized carbons (Fsp3) is 0.0667. The minimum Gasteiger partial charge on any atom is -0.367 e. The third-order valence-electron chi connectivity index (χ3n) is 3.43. The Labute approximate surface area is 135 Å². The smallest absolute Gasteiger partial charge is 0.270 e. The van der Waals surface area contributed by atoms with Gasteiger partial charge in [0, 0.05) is 22.8 Å². The Kier molecular flexibility index (Phi) is 3.71. The number of imide groups is 1. The van der Waals surface area contributed by atoms with Crippen molar-refractivity contribution < 1.29 is 14.5 Å². The molecule has 0 saturated carbocycles. The highest BCUT2D eigenvalue weighted by molar-refractivity contribution is 6.30. The fourth-order valence-corrected chi connectivity index (χ4v) is 2.49. The zero-order chi connectivity index (χ0) is 16.6. The number of halogens is 1. The van der Waals surface area contributed by atoms with E-state index in [9.17, 15) is 19.7 Å². The molecule has 0 spiro atoms. The number of amides is 2. The molecule has 0 atom stereocenters. The molecule has 2 aromatic rings. The molecule has 0 unspecified atom stereocenters. The monoisotopic (exact) mass is 331 g/mol. The van der Waals surface area contributed by atoms with Gasteiger partial charge in [0.15, 0.2) is 0 Å². The van der Waals surface area contributed by atoms with Gasteiger partial charge in [-0.15, -0.1) is 0 Å². The first kappa shape index (κ1) is 15.0. The number of carbonyl (C=O) groups excluding carboxylic acids is 2. The number of hydrogen-bond acceptors (Lipinski definition) is 5. The van der Waals surface area contributed by atoms with Crippen molar-refractivity contribution in [3.05, 3.63) is 68.7 Å². The van der Waals surface area contributed by atoms with Gasteiger partial charge in [-0.2, -0.15) is 0 Å². The normalized spacial score (nSPS) is 13.2. The molecule has 7 nitrogen and oxygen atoms in total. The van der Waals surface area contributed by atoms with E-state index >= 15 is 0 Å². The number of carbonyl (C=O) groups is 2. The first-order valence-corrected chi connectivity index (χ1v) is 6.99. The van der Waals surface area contributed by atoms with Crippen molar-refractivity contribution in [1.82, 2.24) is 4.90 Å². The third-order valence-corrected chi connectivity index (χ3v) is 3.67. The van der Waals surface area contributed by atoms with Crippen LogP contribution in [0.5, 0.6) is 0 Å². The molecule has 8 heteroatoms. The summed E-state index contributed by atoms with van der Waals surface area (Å²) in [6.45, 7) is -0.0551. The van der Waals surface area contributed by atoms with Crippen LogP contribution in [0.15, 0.2) is 42.5 Å². The van der Waals surface area contributed by atoms with Gasteiger partial charge in [-0.25, -0.2) is 0 Å². The van der Waals surface area contributed by atoms with Gasteiger partial charge in [-0.05, 0) is 24.3 Å². The van der Waals surface area contributed by atoms with Crippen molar-refractivity contribution in [2.45, 2.75) is 0 Å². The number of rotatable bonds is 4. The van der Waals surface area contributed by atoms with E-state index in [0.29, 0.717) is 10.7 Å². The highest BCUT2D eigenvalue weighted by Gasteiger charge is 2.36. The van der Waals surface area contributed by atoms with Crippen molar-refractivity contribution in [2.75, 3.05) is 12.0 Å². The van der Waals surface area contributed by atoms with Crippen LogP contribution in [-0.2, 0) is 0 Å². The van der Waals surface area contributed by atoms with Gasteiger partial charge in [0.05, 0.1) is 22.7 Å². The predicted octanol–water partition coefficient (Wildman–Crippen LogP) is 2.91. The van der Waals surface area contributed by atoms with Crippen LogP contribution in [-0.4, -0.2) is 28.3 Å². The lowest BCUT2D eigenvalue weighted by atomic mass is 10.1. The lowest BCUT2D eigenvalue weighted by Gasteiger charge is -2.15. The lowest BCUT2D eigenvalue weighted by Crippen LogP contribution is -2.34. The van der Waals surface area contributed by atoms with E-state index in [1.54, 1.807) is 24.3 Å². The molecular formula is C15H10ClN3O4. The molecule has 1 N–H and O–H groups in total. The Balaban J connectivity index is 1.81. The molecule has 0 aromatic heterocycles. The Morgan fingerprint density at radius 2 is 1.83 bits per heavy atom. The predicted molar refractivity (Wildman–Crippen MR) is 83.5 cm³/mol. The number of non-ortho nitro benzene ring substituents is 1. The summed E-state index contributed by atoms with van der Waals surface area (Å²) in [5.74, 6) is -1.06. The molecule has 0 bridgehead atoms. The number of nitro benzene ring substituents is 1. The Morgan fingerprint density at radius 1 is 1.09 bits per heavy atom. The summed E-state index contributed by atoms with van der Waals surface area (Å²) in [5.41, 5.74) is 0.625. The molecule has 3 rings (SSSR count). The van der Waals surface area contributed by atoms with Gasteiger partial charge in [-0.1, -0.05) is 17.7 Å². The van der Waals surface area contributed by atoms with E-state index in [4.69, 9.17) is 11.6 Å². The highest BCUT2D eigenvalue weighted by atomic mass is 35.5. The Morgan fingerprint density at radius 3 is 2.52 bits per heavy atom. The van der Waals surface area contributed by atoms with Gasteiger partial charge in [-0.3, -0.25) is 24.6 Å². The zero-order valence-electron chi connectivity index (χ0n) is 11.7. The molecule has 2 aromatic carbocycles. The second-order valence-corrected chi connectivity index (χ2v) is 5.31.